The molecule has 0 unspecified atom stereocenters. The Morgan fingerprint density at radius 3 is 2.55 bits per heavy atom. The van der Waals surface area contributed by atoms with Gasteiger partial charge >= 0.3 is 0 Å². The first kappa shape index (κ1) is 16.3. The number of halogens is 1. The van der Waals surface area contributed by atoms with Gasteiger partial charge in [0.25, 0.3) is 0 Å². The third-order valence-corrected chi connectivity index (χ3v) is 3.35. The lowest BCUT2D eigenvalue weighted by molar-refractivity contribution is 0.414. The molecule has 0 saturated heterocycles. The van der Waals surface area contributed by atoms with Crippen LogP contribution < -0.4 is 21.5 Å². The molecule has 0 saturated carbocycles. The number of nitrogens with zero attached hydrogens (tertiary/aromatic N) is 2. The summed E-state index contributed by atoms with van der Waals surface area (Å²) in [6.07, 6.45) is 0.707. The van der Waals surface area contributed by atoms with E-state index >= 15 is 0 Å². The van der Waals surface area contributed by atoms with Gasteiger partial charge in [-0.1, -0.05) is 23.7 Å². The fraction of sp³-hybridized carbons (Fsp3) is 0.333. The number of nitrogen functional groups attached to an aromatic ring is 1. The largest absolute Gasteiger partial charge is 0.497 e. The van der Waals surface area contributed by atoms with Gasteiger partial charge in [-0.25, -0.2) is 4.98 Å². The Balaban J connectivity index is 1.97. The Bertz CT molecular complexity index is 610. The molecule has 22 heavy (non-hydrogen) atoms. The number of hydrogen-bond donors (Lipinski definition) is 3. The molecule has 0 amide bonds. The van der Waals surface area contributed by atoms with Crippen LogP contribution >= 0.6 is 11.6 Å². The smallest absolute Gasteiger partial charge is 0.223 e. The summed E-state index contributed by atoms with van der Waals surface area (Å²) in [5, 5.41) is 3.44. The van der Waals surface area contributed by atoms with E-state index in [9.17, 15) is 0 Å². The number of benzene rings is 1. The summed E-state index contributed by atoms with van der Waals surface area (Å²) in [5.41, 5.74) is 12.6. The van der Waals surface area contributed by atoms with Gasteiger partial charge in [-0.3, -0.25) is 0 Å². The van der Waals surface area contributed by atoms with Gasteiger partial charge in [0.05, 0.1) is 7.11 Å². The van der Waals surface area contributed by atoms with E-state index in [0.717, 1.165) is 11.3 Å². The lowest BCUT2D eigenvalue weighted by Gasteiger charge is -2.25. The molecule has 7 heteroatoms. The quantitative estimate of drug-likeness (QED) is 0.705. The van der Waals surface area contributed by atoms with Crippen LogP contribution in [0.5, 0.6) is 5.75 Å². The minimum Gasteiger partial charge on any atom is -0.497 e. The topological polar surface area (TPSA) is 99.1 Å². The van der Waals surface area contributed by atoms with Crippen LogP contribution in [0.15, 0.2) is 30.3 Å². The molecule has 1 aromatic heterocycles. The molecule has 5 N–H and O–H groups in total. The van der Waals surface area contributed by atoms with E-state index in [-0.39, 0.29) is 5.95 Å². The normalized spacial score (nSPS) is 13.5. The monoisotopic (exact) mass is 321 g/mol. The summed E-state index contributed by atoms with van der Waals surface area (Å²) in [7, 11) is 1.64. The molecule has 1 aromatic carbocycles. The van der Waals surface area contributed by atoms with E-state index in [1.165, 1.54) is 0 Å². The van der Waals surface area contributed by atoms with Crippen molar-refractivity contribution in [2.45, 2.75) is 18.9 Å². The van der Waals surface area contributed by atoms with Crippen LogP contribution in [-0.4, -0.2) is 29.2 Å². The van der Waals surface area contributed by atoms with Crippen LogP contribution in [0.2, 0.25) is 5.15 Å². The van der Waals surface area contributed by atoms with Gasteiger partial charge < -0.3 is 21.5 Å². The first-order valence-corrected chi connectivity index (χ1v) is 7.21. The van der Waals surface area contributed by atoms with Crippen LogP contribution in [0.1, 0.15) is 12.5 Å². The van der Waals surface area contributed by atoms with Crippen molar-refractivity contribution >= 4 is 23.4 Å². The molecule has 0 aliphatic heterocycles. The summed E-state index contributed by atoms with van der Waals surface area (Å²) in [6, 6.07) is 9.46. The van der Waals surface area contributed by atoms with Crippen LogP contribution in [0.4, 0.5) is 11.8 Å². The predicted octanol–water partition coefficient (Wildman–Crippen LogP) is 2.09. The highest BCUT2D eigenvalue weighted by molar-refractivity contribution is 6.29. The van der Waals surface area contributed by atoms with Gasteiger partial charge in [0.15, 0.2) is 0 Å². The number of nitrogens with one attached hydrogen (secondary N) is 1. The number of anilines is 2. The van der Waals surface area contributed by atoms with Gasteiger partial charge in [0.1, 0.15) is 16.7 Å². The third kappa shape index (κ3) is 4.75. The highest BCUT2D eigenvalue weighted by Gasteiger charge is 2.19. The molecule has 0 bridgehead atoms. The summed E-state index contributed by atoms with van der Waals surface area (Å²) in [6.45, 7) is 2.49. The SMILES string of the molecule is COc1ccc(C[C@](C)(N)CNc2cc(Cl)nc(N)n2)cc1. The Labute approximate surface area is 134 Å². The van der Waals surface area contributed by atoms with Gasteiger partial charge in [-0.2, -0.15) is 4.98 Å². The summed E-state index contributed by atoms with van der Waals surface area (Å²) >= 11 is 5.84. The average Bonchev–Trinajstić information content (AvgIpc) is 2.45. The van der Waals surface area contributed by atoms with Crippen molar-refractivity contribution in [3.05, 3.63) is 41.0 Å². The average molecular weight is 322 g/mol. The van der Waals surface area contributed by atoms with Crippen molar-refractivity contribution in [2.24, 2.45) is 5.73 Å². The second-order valence-corrected chi connectivity index (χ2v) is 5.85. The fourth-order valence-electron chi connectivity index (χ4n) is 2.09. The van der Waals surface area contributed by atoms with Crippen LogP contribution in [0.25, 0.3) is 0 Å². The summed E-state index contributed by atoms with van der Waals surface area (Å²) in [4.78, 5) is 7.88. The Morgan fingerprint density at radius 1 is 1.27 bits per heavy atom. The van der Waals surface area contributed by atoms with Crippen LogP contribution in [-0.2, 0) is 6.42 Å². The number of methoxy groups -OCH3 is 1. The first-order chi connectivity index (χ1) is 10.4. The van der Waals surface area contributed by atoms with E-state index in [2.05, 4.69) is 15.3 Å². The molecule has 0 radical (unpaired) electrons. The number of nitrogens with two attached hydrogens (primary N) is 2. The first-order valence-electron chi connectivity index (χ1n) is 6.84. The zero-order chi connectivity index (χ0) is 16.2. The lowest BCUT2D eigenvalue weighted by Crippen LogP contribution is -2.45. The van der Waals surface area contributed by atoms with Gasteiger partial charge in [0.2, 0.25) is 5.95 Å². The van der Waals surface area contributed by atoms with Crippen LogP contribution in [0, 0.1) is 0 Å². The Kier molecular flexibility index (Phi) is 5.05. The van der Waals surface area contributed by atoms with Gasteiger partial charge in [0, 0.05) is 18.2 Å². The van der Waals surface area contributed by atoms with E-state index in [0.29, 0.717) is 23.9 Å². The molecule has 2 aromatic rings. The molecule has 6 nitrogen and oxygen atoms in total. The minimum atomic E-state index is -0.458. The van der Waals surface area contributed by atoms with Crippen molar-refractivity contribution in [3.63, 3.8) is 0 Å². The zero-order valence-corrected chi connectivity index (χ0v) is 13.4. The standard InChI is InChI=1S/C15H20ClN5O/c1-15(18,8-10-3-5-11(22-2)6-4-10)9-19-13-7-12(16)20-14(17)21-13/h3-7H,8-9,18H2,1-2H3,(H3,17,19,20,21)/t15-/m0/s1. The van der Waals surface area contributed by atoms with E-state index < -0.39 is 5.54 Å². The van der Waals surface area contributed by atoms with E-state index in [4.69, 9.17) is 27.8 Å². The van der Waals surface area contributed by atoms with Gasteiger partial charge in [-0.05, 0) is 31.0 Å². The van der Waals surface area contributed by atoms with Crippen molar-refractivity contribution in [2.75, 3.05) is 24.7 Å². The molecule has 0 spiro atoms. The van der Waals surface area contributed by atoms with Crippen molar-refractivity contribution in [3.8, 4) is 5.75 Å². The molecule has 0 aliphatic rings. The Hall–Kier alpha value is -2.05. The second-order valence-electron chi connectivity index (χ2n) is 5.47. The molecular weight excluding hydrogens is 302 g/mol. The minimum absolute atomic E-state index is 0.129. The summed E-state index contributed by atoms with van der Waals surface area (Å²) < 4.78 is 5.14. The molecule has 0 aliphatic carbocycles. The summed E-state index contributed by atoms with van der Waals surface area (Å²) in [5.74, 6) is 1.51. The Morgan fingerprint density at radius 2 is 1.95 bits per heavy atom. The highest BCUT2D eigenvalue weighted by Crippen LogP contribution is 2.17. The lowest BCUT2D eigenvalue weighted by atomic mass is 9.94. The zero-order valence-electron chi connectivity index (χ0n) is 12.6. The third-order valence-electron chi connectivity index (χ3n) is 3.15. The predicted molar refractivity (Wildman–Crippen MR) is 89.2 cm³/mol. The molecule has 0 fully saturated rings. The molecular formula is C15H20ClN5O. The van der Waals surface area contributed by atoms with Crippen LogP contribution in [0.3, 0.4) is 0 Å². The van der Waals surface area contributed by atoms with E-state index in [1.54, 1.807) is 13.2 Å². The molecule has 1 atom stereocenters. The molecule has 118 valence electrons. The van der Waals surface area contributed by atoms with Gasteiger partial charge in [-0.15, -0.1) is 0 Å². The number of aromatic nitrogens is 2. The van der Waals surface area contributed by atoms with Crippen molar-refractivity contribution in [1.82, 2.24) is 9.97 Å². The highest BCUT2D eigenvalue weighted by atomic mass is 35.5. The van der Waals surface area contributed by atoms with E-state index in [1.807, 2.05) is 31.2 Å². The maximum absolute atomic E-state index is 6.34. The van der Waals surface area contributed by atoms with Crippen molar-refractivity contribution < 1.29 is 4.74 Å². The maximum Gasteiger partial charge on any atom is 0.223 e. The molecule has 2 rings (SSSR count). The maximum atomic E-state index is 6.34. The molecule has 1 heterocycles. The number of rotatable bonds is 6. The number of hydrogen-bond acceptors (Lipinski definition) is 6. The second kappa shape index (κ2) is 6.81. The number of ether oxygens (including phenoxy) is 1. The fourth-order valence-corrected chi connectivity index (χ4v) is 2.28. The van der Waals surface area contributed by atoms with Crippen molar-refractivity contribution in [1.29, 1.82) is 0 Å².